The van der Waals surface area contributed by atoms with Gasteiger partial charge in [-0.15, -0.1) is 0 Å². The van der Waals surface area contributed by atoms with Crippen molar-refractivity contribution in [3.8, 4) is 5.75 Å². The lowest BCUT2D eigenvalue weighted by molar-refractivity contribution is 0.270. The zero-order valence-electron chi connectivity index (χ0n) is 17.2. The van der Waals surface area contributed by atoms with Crippen LogP contribution in [0.3, 0.4) is 0 Å². The molecule has 9 heteroatoms. The van der Waals surface area contributed by atoms with E-state index in [4.69, 9.17) is 5.10 Å². The molecule has 0 atom stereocenters. The van der Waals surface area contributed by atoms with Gasteiger partial charge in [-0.05, 0) is 32.4 Å². The van der Waals surface area contributed by atoms with Crippen LogP contribution in [0.2, 0.25) is 0 Å². The molecule has 0 bridgehead atoms. The standard InChI is InChI=1S/C21H25N7O2/c1-4-27-16-11-18(24-19-7-8-23-28(19)9-10-29)22-12-15(16)21(26-27)25-20-13(2)5-6-17(30)14(20)3/h5-8,11-12,29-30H,4,9-10H2,1-3H3,(H,22,24)(H,25,26). The maximum absolute atomic E-state index is 10.1. The second-order valence-electron chi connectivity index (χ2n) is 7.07. The first kappa shape index (κ1) is 19.7. The molecule has 0 amide bonds. The molecule has 4 N–H and O–H groups in total. The highest BCUT2D eigenvalue weighted by Gasteiger charge is 2.15. The van der Waals surface area contributed by atoms with Gasteiger partial charge in [-0.25, -0.2) is 9.67 Å². The van der Waals surface area contributed by atoms with Crippen LogP contribution in [0.4, 0.5) is 23.1 Å². The van der Waals surface area contributed by atoms with Crippen molar-refractivity contribution < 1.29 is 10.2 Å². The number of phenols is 1. The molecule has 9 nitrogen and oxygen atoms in total. The molecule has 3 aromatic heterocycles. The number of benzene rings is 1. The summed E-state index contributed by atoms with van der Waals surface area (Å²) >= 11 is 0. The highest BCUT2D eigenvalue weighted by molar-refractivity contribution is 5.93. The van der Waals surface area contributed by atoms with E-state index in [-0.39, 0.29) is 12.4 Å². The molecule has 0 spiro atoms. The molecular formula is C21H25N7O2. The van der Waals surface area contributed by atoms with E-state index >= 15 is 0 Å². The van der Waals surface area contributed by atoms with Crippen molar-refractivity contribution in [3.63, 3.8) is 0 Å². The molecule has 0 aliphatic rings. The van der Waals surface area contributed by atoms with Gasteiger partial charge < -0.3 is 20.8 Å². The van der Waals surface area contributed by atoms with Crippen molar-refractivity contribution in [2.45, 2.75) is 33.9 Å². The number of aliphatic hydroxyl groups excluding tert-OH is 1. The highest BCUT2D eigenvalue weighted by atomic mass is 16.3. The SMILES string of the molecule is CCn1nc(Nc2c(C)ccc(O)c2C)c2cnc(Nc3ccnn3CCO)cc21. The number of fused-ring (bicyclic) bond motifs is 1. The summed E-state index contributed by atoms with van der Waals surface area (Å²) in [6, 6.07) is 7.34. The fourth-order valence-electron chi connectivity index (χ4n) is 3.46. The summed E-state index contributed by atoms with van der Waals surface area (Å²) < 4.78 is 3.59. The van der Waals surface area contributed by atoms with Gasteiger partial charge >= 0.3 is 0 Å². The van der Waals surface area contributed by atoms with Crippen molar-refractivity contribution in [1.29, 1.82) is 0 Å². The normalized spacial score (nSPS) is 11.2. The number of nitrogens with one attached hydrogen (secondary N) is 2. The smallest absolute Gasteiger partial charge is 0.161 e. The average molecular weight is 407 g/mol. The predicted molar refractivity (Wildman–Crippen MR) is 117 cm³/mol. The van der Waals surface area contributed by atoms with Crippen molar-refractivity contribution >= 4 is 34.0 Å². The summed E-state index contributed by atoms with van der Waals surface area (Å²) in [5, 5.41) is 35.7. The van der Waals surface area contributed by atoms with E-state index in [1.165, 1.54) is 0 Å². The number of aromatic hydroxyl groups is 1. The fourth-order valence-corrected chi connectivity index (χ4v) is 3.46. The van der Waals surface area contributed by atoms with Crippen LogP contribution in [0.5, 0.6) is 5.75 Å². The Labute approximate surface area is 174 Å². The summed E-state index contributed by atoms with van der Waals surface area (Å²) in [5.74, 6) is 2.34. The monoisotopic (exact) mass is 407 g/mol. The Morgan fingerprint density at radius 1 is 1.10 bits per heavy atom. The number of rotatable bonds is 7. The summed E-state index contributed by atoms with van der Waals surface area (Å²) in [5.41, 5.74) is 3.57. The number of phenolic OH excluding ortho intramolecular Hbond substituents is 1. The first-order chi connectivity index (χ1) is 14.5. The molecule has 0 radical (unpaired) electrons. The number of nitrogens with zero attached hydrogens (tertiary/aromatic N) is 5. The maximum Gasteiger partial charge on any atom is 0.161 e. The molecule has 4 rings (SSSR count). The number of anilines is 4. The van der Waals surface area contributed by atoms with Gasteiger partial charge in [0.05, 0.1) is 30.3 Å². The zero-order chi connectivity index (χ0) is 21.3. The minimum absolute atomic E-state index is 0.00827. The molecule has 1 aromatic carbocycles. The topological polar surface area (TPSA) is 113 Å². The first-order valence-corrected chi connectivity index (χ1v) is 9.84. The lowest BCUT2D eigenvalue weighted by Crippen LogP contribution is -2.08. The van der Waals surface area contributed by atoms with Crippen LogP contribution in [0, 0.1) is 13.8 Å². The molecule has 0 fully saturated rings. The number of pyridine rings is 1. The second-order valence-corrected chi connectivity index (χ2v) is 7.07. The van der Waals surface area contributed by atoms with Crippen molar-refractivity contribution in [2.75, 3.05) is 17.2 Å². The Morgan fingerprint density at radius 2 is 1.93 bits per heavy atom. The molecular weight excluding hydrogens is 382 g/mol. The van der Waals surface area contributed by atoms with E-state index in [1.807, 2.05) is 43.7 Å². The predicted octanol–water partition coefficient (Wildman–Crippen LogP) is 3.45. The van der Waals surface area contributed by atoms with Gasteiger partial charge in [0.15, 0.2) is 5.82 Å². The lowest BCUT2D eigenvalue weighted by Gasteiger charge is -2.12. The van der Waals surface area contributed by atoms with E-state index in [0.29, 0.717) is 24.7 Å². The first-order valence-electron chi connectivity index (χ1n) is 9.84. The van der Waals surface area contributed by atoms with Gasteiger partial charge in [0.25, 0.3) is 0 Å². The maximum atomic E-state index is 10.1. The second kappa shape index (κ2) is 8.03. The number of aliphatic hydroxyl groups is 1. The molecule has 0 aliphatic carbocycles. The summed E-state index contributed by atoms with van der Waals surface area (Å²) in [6.07, 6.45) is 3.45. The molecule has 0 unspecified atom stereocenters. The minimum Gasteiger partial charge on any atom is -0.508 e. The van der Waals surface area contributed by atoms with Crippen LogP contribution in [0.1, 0.15) is 18.1 Å². The number of hydrogen-bond acceptors (Lipinski definition) is 7. The van der Waals surface area contributed by atoms with Gasteiger partial charge in [0, 0.05) is 36.1 Å². The Hall–Kier alpha value is -3.59. The molecule has 4 aromatic rings. The van der Waals surface area contributed by atoms with Crippen LogP contribution in [-0.2, 0) is 13.1 Å². The van der Waals surface area contributed by atoms with Gasteiger partial charge in [0.1, 0.15) is 17.4 Å². The van der Waals surface area contributed by atoms with E-state index < -0.39 is 0 Å². The summed E-state index contributed by atoms with van der Waals surface area (Å²) in [7, 11) is 0. The molecule has 3 heterocycles. The molecule has 0 saturated heterocycles. The van der Waals surface area contributed by atoms with Crippen molar-refractivity contribution in [1.82, 2.24) is 24.5 Å². The zero-order valence-corrected chi connectivity index (χ0v) is 17.2. The molecule has 30 heavy (non-hydrogen) atoms. The number of hydrogen-bond donors (Lipinski definition) is 4. The highest BCUT2D eigenvalue weighted by Crippen LogP contribution is 2.33. The average Bonchev–Trinajstić information content (AvgIpc) is 3.32. The van der Waals surface area contributed by atoms with E-state index in [2.05, 4.69) is 20.7 Å². The van der Waals surface area contributed by atoms with Gasteiger partial charge in [-0.3, -0.25) is 4.68 Å². The third kappa shape index (κ3) is 3.55. The van der Waals surface area contributed by atoms with Gasteiger partial charge in [0.2, 0.25) is 0 Å². The number of aromatic nitrogens is 5. The molecule has 156 valence electrons. The van der Waals surface area contributed by atoms with Crippen molar-refractivity contribution in [3.05, 3.63) is 47.8 Å². The van der Waals surface area contributed by atoms with Crippen LogP contribution >= 0.6 is 0 Å². The summed E-state index contributed by atoms with van der Waals surface area (Å²) in [4.78, 5) is 4.54. The Balaban J connectivity index is 1.70. The molecule has 0 saturated carbocycles. The third-order valence-corrected chi connectivity index (χ3v) is 5.11. The van der Waals surface area contributed by atoms with Crippen LogP contribution in [0.25, 0.3) is 10.9 Å². The lowest BCUT2D eigenvalue weighted by atomic mass is 10.1. The number of aryl methyl sites for hydroxylation is 2. The van der Waals surface area contributed by atoms with Crippen LogP contribution in [-0.4, -0.2) is 41.4 Å². The Bertz CT molecular complexity index is 1200. The van der Waals surface area contributed by atoms with Crippen molar-refractivity contribution in [2.24, 2.45) is 0 Å². The van der Waals surface area contributed by atoms with Crippen LogP contribution < -0.4 is 10.6 Å². The summed E-state index contributed by atoms with van der Waals surface area (Å²) in [6.45, 7) is 7.01. The molecule has 0 aliphatic heterocycles. The Morgan fingerprint density at radius 3 is 2.70 bits per heavy atom. The Kier molecular flexibility index (Phi) is 5.28. The third-order valence-electron chi connectivity index (χ3n) is 5.11. The van der Waals surface area contributed by atoms with E-state index in [0.717, 1.165) is 33.5 Å². The minimum atomic E-state index is 0.00827. The van der Waals surface area contributed by atoms with Crippen LogP contribution in [0.15, 0.2) is 36.7 Å². The van der Waals surface area contributed by atoms with Gasteiger partial charge in [-0.1, -0.05) is 6.07 Å². The fraction of sp³-hybridized carbons (Fsp3) is 0.286. The van der Waals surface area contributed by atoms with Gasteiger partial charge in [-0.2, -0.15) is 10.2 Å². The van der Waals surface area contributed by atoms with E-state index in [9.17, 15) is 10.2 Å². The van der Waals surface area contributed by atoms with E-state index in [1.54, 1.807) is 23.1 Å². The largest absolute Gasteiger partial charge is 0.508 e. The quantitative estimate of drug-likeness (QED) is 0.371.